The Morgan fingerprint density at radius 1 is 1.59 bits per heavy atom. The van der Waals surface area contributed by atoms with E-state index in [4.69, 9.17) is 0 Å². The number of carbonyl (C=O) groups excluding carboxylic acids is 1. The molecule has 1 saturated carbocycles. The zero-order valence-electron chi connectivity index (χ0n) is 10.4. The van der Waals surface area contributed by atoms with Crippen molar-refractivity contribution in [1.29, 1.82) is 0 Å². The van der Waals surface area contributed by atoms with Crippen LogP contribution in [-0.4, -0.2) is 35.9 Å². The SMILES string of the molecule is CCNc1cc(C(=O)N(C)CC2CC2)ccn1. The number of amides is 1. The summed E-state index contributed by atoms with van der Waals surface area (Å²) in [4.78, 5) is 18.1. The molecule has 1 aromatic heterocycles. The van der Waals surface area contributed by atoms with Crippen molar-refractivity contribution in [3.8, 4) is 0 Å². The first kappa shape index (κ1) is 11.9. The van der Waals surface area contributed by atoms with E-state index in [0.717, 1.165) is 24.8 Å². The summed E-state index contributed by atoms with van der Waals surface area (Å²) in [7, 11) is 1.87. The van der Waals surface area contributed by atoms with E-state index < -0.39 is 0 Å². The number of carbonyl (C=O) groups is 1. The Kier molecular flexibility index (Phi) is 3.61. The molecule has 1 amide bonds. The molecule has 0 aromatic carbocycles. The van der Waals surface area contributed by atoms with Crippen LogP contribution in [-0.2, 0) is 0 Å². The number of nitrogens with one attached hydrogen (secondary N) is 1. The van der Waals surface area contributed by atoms with Gasteiger partial charge in [0.1, 0.15) is 5.82 Å². The summed E-state index contributed by atoms with van der Waals surface area (Å²) in [6.45, 7) is 3.69. The predicted octanol–water partition coefficient (Wildman–Crippen LogP) is 2.00. The molecule has 0 bridgehead atoms. The summed E-state index contributed by atoms with van der Waals surface area (Å²) in [6.07, 6.45) is 4.20. The van der Waals surface area contributed by atoms with Crippen molar-refractivity contribution < 1.29 is 4.79 Å². The van der Waals surface area contributed by atoms with Gasteiger partial charge in [0.2, 0.25) is 0 Å². The van der Waals surface area contributed by atoms with E-state index in [9.17, 15) is 4.79 Å². The topological polar surface area (TPSA) is 45.2 Å². The predicted molar refractivity (Wildman–Crippen MR) is 68.1 cm³/mol. The van der Waals surface area contributed by atoms with Crippen LogP contribution in [0, 0.1) is 5.92 Å². The fourth-order valence-corrected chi connectivity index (χ4v) is 1.83. The minimum atomic E-state index is 0.0819. The lowest BCUT2D eigenvalue weighted by Gasteiger charge is -2.17. The Labute approximate surface area is 102 Å². The van der Waals surface area contributed by atoms with Crippen molar-refractivity contribution in [2.45, 2.75) is 19.8 Å². The molecule has 1 aliphatic rings. The van der Waals surface area contributed by atoms with E-state index in [1.54, 1.807) is 12.3 Å². The average molecular weight is 233 g/mol. The van der Waals surface area contributed by atoms with E-state index in [0.29, 0.717) is 5.56 Å². The highest BCUT2D eigenvalue weighted by Crippen LogP contribution is 2.29. The lowest BCUT2D eigenvalue weighted by atomic mass is 10.2. The number of hydrogen-bond donors (Lipinski definition) is 1. The van der Waals surface area contributed by atoms with Crippen LogP contribution in [0.3, 0.4) is 0 Å². The van der Waals surface area contributed by atoms with Crippen molar-refractivity contribution >= 4 is 11.7 Å². The Morgan fingerprint density at radius 3 is 3.00 bits per heavy atom. The Balaban J connectivity index is 2.03. The van der Waals surface area contributed by atoms with Crippen LogP contribution in [0.5, 0.6) is 0 Å². The molecule has 92 valence electrons. The first-order valence-electron chi connectivity index (χ1n) is 6.16. The van der Waals surface area contributed by atoms with Crippen LogP contribution in [0.1, 0.15) is 30.1 Å². The number of aromatic nitrogens is 1. The lowest BCUT2D eigenvalue weighted by molar-refractivity contribution is 0.0788. The molecule has 0 saturated heterocycles. The zero-order valence-corrected chi connectivity index (χ0v) is 10.4. The Bertz CT molecular complexity index is 401. The molecule has 0 spiro atoms. The standard InChI is InChI=1S/C13H19N3O/c1-3-14-12-8-11(6-7-15-12)13(17)16(2)9-10-4-5-10/h6-8,10H,3-5,9H2,1-2H3,(H,14,15). The van der Waals surface area contributed by atoms with E-state index in [-0.39, 0.29) is 5.91 Å². The number of rotatable bonds is 5. The van der Waals surface area contributed by atoms with Crippen molar-refractivity contribution in [3.05, 3.63) is 23.9 Å². The number of hydrogen-bond acceptors (Lipinski definition) is 3. The van der Waals surface area contributed by atoms with Crippen LogP contribution < -0.4 is 5.32 Å². The largest absolute Gasteiger partial charge is 0.370 e. The van der Waals surface area contributed by atoms with Gasteiger partial charge in [-0.05, 0) is 37.8 Å². The molecule has 1 N–H and O–H groups in total. The van der Waals surface area contributed by atoms with Gasteiger partial charge in [-0.2, -0.15) is 0 Å². The van der Waals surface area contributed by atoms with Gasteiger partial charge in [0.05, 0.1) is 0 Å². The van der Waals surface area contributed by atoms with Gasteiger partial charge in [0, 0.05) is 31.9 Å². The van der Waals surface area contributed by atoms with E-state index in [1.165, 1.54) is 12.8 Å². The van der Waals surface area contributed by atoms with Crippen LogP contribution in [0.4, 0.5) is 5.82 Å². The molecule has 1 aliphatic carbocycles. The van der Waals surface area contributed by atoms with Gasteiger partial charge in [-0.25, -0.2) is 4.98 Å². The maximum absolute atomic E-state index is 12.1. The minimum absolute atomic E-state index is 0.0819. The molecule has 4 nitrogen and oxygen atoms in total. The maximum atomic E-state index is 12.1. The minimum Gasteiger partial charge on any atom is -0.370 e. The molecular weight excluding hydrogens is 214 g/mol. The second-order valence-corrected chi connectivity index (χ2v) is 4.59. The molecule has 17 heavy (non-hydrogen) atoms. The molecule has 1 aromatic rings. The lowest BCUT2D eigenvalue weighted by Crippen LogP contribution is -2.28. The van der Waals surface area contributed by atoms with E-state index in [1.807, 2.05) is 24.9 Å². The molecule has 1 heterocycles. The molecule has 1 fully saturated rings. The van der Waals surface area contributed by atoms with Crippen LogP contribution in [0.25, 0.3) is 0 Å². The van der Waals surface area contributed by atoms with Gasteiger partial charge < -0.3 is 10.2 Å². The fourth-order valence-electron chi connectivity index (χ4n) is 1.83. The highest BCUT2D eigenvalue weighted by molar-refractivity contribution is 5.94. The van der Waals surface area contributed by atoms with Crippen molar-refractivity contribution in [1.82, 2.24) is 9.88 Å². The first-order chi connectivity index (χ1) is 8.20. The normalized spacial score (nSPS) is 14.5. The third-order valence-corrected chi connectivity index (χ3v) is 2.94. The maximum Gasteiger partial charge on any atom is 0.253 e. The molecule has 0 atom stereocenters. The van der Waals surface area contributed by atoms with Gasteiger partial charge in [-0.3, -0.25) is 4.79 Å². The molecular formula is C13H19N3O. The van der Waals surface area contributed by atoms with Crippen molar-refractivity contribution in [2.75, 3.05) is 25.5 Å². The van der Waals surface area contributed by atoms with Crippen LogP contribution in [0.2, 0.25) is 0 Å². The Hall–Kier alpha value is -1.58. The quantitative estimate of drug-likeness (QED) is 0.846. The van der Waals surface area contributed by atoms with Gasteiger partial charge in [0.15, 0.2) is 0 Å². The summed E-state index contributed by atoms with van der Waals surface area (Å²) in [5.74, 6) is 1.57. The fraction of sp³-hybridized carbons (Fsp3) is 0.538. The van der Waals surface area contributed by atoms with Gasteiger partial charge >= 0.3 is 0 Å². The summed E-state index contributed by atoms with van der Waals surface area (Å²) >= 11 is 0. The van der Waals surface area contributed by atoms with Gasteiger partial charge in [-0.1, -0.05) is 0 Å². The first-order valence-corrected chi connectivity index (χ1v) is 6.16. The molecule has 0 aliphatic heterocycles. The molecule has 2 rings (SSSR count). The van der Waals surface area contributed by atoms with Crippen molar-refractivity contribution in [3.63, 3.8) is 0 Å². The second kappa shape index (κ2) is 5.17. The van der Waals surface area contributed by atoms with Gasteiger partial charge in [-0.15, -0.1) is 0 Å². The third kappa shape index (κ3) is 3.19. The molecule has 0 radical (unpaired) electrons. The molecule has 0 unspecified atom stereocenters. The zero-order chi connectivity index (χ0) is 12.3. The Morgan fingerprint density at radius 2 is 2.35 bits per heavy atom. The molecule has 4 heteroatoms. The number of anilines is 1. The smallest absolute Gasteiger partial charge is 0.253 e. The second-order valence-electron chi connectivity index (χ2n) is 4.59. The highest BCUT2D eigenvalue weighted by Gasteiger charge is 2.25. The van der Waals surface area contributed by atoms with Crippen LogP contribution >= 0.6 is 0 Å². The number of nitrogens with zero attached hydrogens (tertiary/aromatic N) is 2. The summed E-state index contributed by atoms with van der Waals surface area (Å²) in [5.41, 5.74) is 0.708. The average Bonchev–Trinajstić information content (AvgIpc) is 3.13. The van der Waals surface area contributed by atoms with Crippen LogP contribution in [0.15, 0.2) is 18.3 Å². The summed E-state index contributed by atoms with van der Waals surface area (Å²) in [5, 5.41) is 3.11. The van der Waals surface area contributed by atoms with Gasteiger partial charge in [0.25, 0.3) is 5.91 Å². The monoisotopic (exact) mass is 233 g/mol. The third-order valence-electron chi connectivity index (χ3n) is 2.94. The highest BCUT2D eigenvalue weighted by atomic mass is 16.2. The number of pyridine rings is 1. The van der Waals surface area contributed by atoms with Crippen molar-refractivity contribution in [2.24, 2.45) is 5.92 Å². The van der Waals surface area contributed by atoms with E-state index in [2.05, 4.69) is 10.3 Å². The summed E-state index contributed by atoms with van der Waals surface area (Å²) < 4.78 is 0. The van der Waals surface area contributed by atoms with E-state index >= 15 is 0 Å². The summed E-state index contributed by atoms with van der Waals surface area (Å²) in [6, 6.07) is 3.59.